The number of aliphatic hydroxyl groups is 1. The Balaban J connectivity index is 1.10. The molecule has 52 heavy (non-hydrogen) atoms. The molecule has 1 fully saturated rings. The second-order valence-electron chi connectivity index (χ2n) is 12.5. The van der Waals surface area contributed by atoms with Crippen LogP contribution in [0, 0.1) is 5.92 Å². The molecular formula is C41H36N4O6S. The van der Waals surface area contributed by atoms with E-state index >= 15 is 0 Å². The van der Waals surface area contributed by atoms with E-state index in [-0.39, 0.29) is 41.9 Å². The lowest BCUT2D eigenvalue weighted by molar-refractivity contribution is -0.268. The number of nitrogens with zero attached hydrogens (tertiary/aromatic N) is 3. The van der Waals surface area contributed by atoms with Crippen molar-refractivity contribution in [3.8, 4) is 11.1 Å². The van der Waals surface area contributed by atoms with Crippen LogP contribution in [0.25, 0.3) is 22.2 Å². The molecule has 1 amide bonds. The van der Waals surface area contributed by atoms with Crippen molar-refractivity contribution in [2.24, 2.45) is 5.92 Å². The topological polar surface area (TPSA) is 144 Å². The lowest BCUT2D eigenvalue weighted by atomic mass is 9.91. The number of carboxylic acids is 1. The minimum atomic E-state index is -1.03. The Bertz CT molecular complexity index is 2210. The number of hydrogen-bond donors (Lipinski definition) is 3. The molecule has 3 heterocycles. The molecule has 4 aromatic carbocycles. The van der Waals surface area contributed by atoms with Crippen LogP contribution in [0.1, 0.15) is 62.4 Å². The van der Waals surface area contributed by atoms with Crippen LogP contribution in [0.15, 0.2) is 127 Å². The fourth-order valence-electron chi connectivity index (χ4n) is 6.20. The SMILES string of the molecule is C[C@@H]1[C@H](CSc2ncccc2C(=O)O)O[C@H](c2cccc(-c3cccc(CNC(=O)c4cnc5ccccc5n4)c3)c2)O[C@@H]1c1ccc(CO)cc1. The van der Waals surface area contributed by atoms with E-state index in [0.29, 0.717) is 22.8 Å². The summed E-state index contributed by atoms with van der Waals surface area (Å²) in [4.78, 5) is 37.9. The Morgan fingerprint density at radius 2 is 1.58 bits per heavy atom. The molecule has 0 spiro atoms. The molecule has 2 aromatic heterocycles. The summed E-state index contributed by atoms with van der Waals surface area (Å²) in [6.45, 7) is 2.32. The van der Waals surface area contributed by atoms with Crippen LogP contribution in [0.5, 0.6) is 0 Å². The number of carboxylic acid groups (broad SMARTS) is 1. The molecule has 0 aliphatic carbocycles. The standard InChI is InChI=1S/C41H36N4O6S/c1-25-36(24-52-39-32(40(48)49)11-6-18-42-39)50-41(51-37(25)28-16-14-26(23-46)15-17-28)31-10-5-9-30(20-31)29-8-4-7-27(19-29)21-44-38(47)35-22-43-33-12-2-3-13-34(33)45-35/h2-20,22,25,36-37,41,46H,21,23-24H2,1H3,(H,44,47)(H,48,49)/t25-,36+,37+,41+/m1/s1. The maximum Gasteiger partial charge on any atom is 0.338 e. The number of carbonyl (C=O) groups is 2. The average Bonchev–Trinajstić information content (AvgIpc) is 3.19. The molecule has 7 rings (SSSR count). The number of thioether (sulfide) groups is 1. The summed E-state index contributed by atoms with van der Waals surface area (Å²) < 4.78 is 13.3. The van der Waals surface area contributed by atoms with Gasteiger partial charge in [0.15, 0.2) is 6.29 Å². The van der Waals surface area contributed by atoms with Crippen LogP contribution < -0.4 is 5.32 Å². The Hall–Kier alpha value is -5.46. The van der Waals surface area contributed by atoms with E-state index in [4.69, 9.17) is 9.47 Å². The molecule has 0 unspecified atom stereocenters. The van der Waals surface area contributed by atoms with Crippen molar-refractivity contribution in [3.05, 3.63) is 155 Å². The molecule has 262 valence electrons. The van der Waals surface area contributed by atoms with Gasteiger partial charge in [-0.2, -0.15) is 0 Å². The molecule has 1 aliphatic rings. The van der Waals surface area contributed by atoms with Gasteiger partial charge in [0.1, 0.15) is 10.7 Å². The molecule has 3 N–H and O–H groups in total. The number of ether oxygens (including phenoxy) is 2. The summed E-state index contributed by atoms with van der Waals surface area (Å²) in [6.07, 6.45) is 1.73. The van der Waals surface area contributed by atoms with E-state index < -0.39 is 12.3 Å². The van der Waals surface area contributed by atoms with Crippen molar-refractivity contribution < 1.29 is 29.3 Å². The Morgan fingerprint density at radius 3 is 2.37 bits per heavy atom. The van der Waals surface area contributed by atoms with Crippen LogP contribution in [0.3, 0.4) is 0 Å². The van der Waals surface area contributed by atoms with Gasteiger partial charge in [0.05, 0.1) is 41.6 Å². The van der Waals surface area contributed by atoms with Crippen molar-refractivity contribution in [1.82, 2.24) is 20.3 Å². The van der Waals surface area contributed by atoms with E-state index in [0.717, 1.165) is 38.9 Å². The number of nitrogens with one attached hydrogen (secondary N) is 1. The summed E-state index contributed by atoms with van der Waals surface area (Å²) in [5.74, 6) is -0.959. The smallest absolute Gasteiger partial charge is 0.338 e. The first-order valence-electron chi connectivity index (χ1n) is 16.9. The zero-order valence-electron chi connectivity index (χ0n) is 28.3. The summed E-state index contributed by atoms with van der Waals surface area (Å²) in [6, 6.07) is 34.3. The number of aliphatic hydroxyl groups excluding tert-OH is 1. The predicted octanol–water partition coefficient (Wildman–Crippen LogP) is 7.40. The molecule has 4 atom stereocenters. The Morgan fingerprint density at radius 1 is 0.808 bits per heavy atom. The van der Waals surface area contributed by atoms with Crippen molar-refractivity contribution in [2.45, 2.75) is 43.6 Å². The van der Waals surface area contributed by atoms with E-state index in [2.05, 4.69) is 27.2 Å². The van der Waals surface area contributed by atoms with Crippen LogP contribution in [-0.4, -0.2) is 48.9 Å². The first-order valence-corrected chi connectivity index (χ1v) is 17.9. The Labute approximate surface area is 304 Å². The third-order valence-corrected chi connectivity index (χ3v) is 10.2. The third-order valence-electron chi connectivity index (χ3n) is 9.06. The van der Waals surface area contributed by atoms with Gasteiger partial charge in [-0.3, -0.25) is 9.78 Å². The molecular weight excluding hydrogens is 677 g/mol. The normalized spacial score (nSPS) is 18.6. The van der Waals surface area contributed by atoms with Gasteiger partial charge >= 0.3 is 5.97 Å². The Kier molecular flexibility index (Phi) is 10.6. The van der Waals surface area contributed by atoms with Gasteiger partial charge in [0.25, 0.3) is 5.91 Å². The van der Waals surface area contributed by atoms with E-state index in [9.17, 15) is 19.8 Å². The minimum Gasteiger partial charge on any atom is -0.478 e. The number of pyridine rings is 1. The molecule has 10 nitrogen and oxygen atoms in total. The monoisotopic (exact) mass is 712 g/mol. The molecule has 0 radical (unpaired) electrons. The molecule has 11 heteroatoms. The highest BCUT2D eigenvalue weighted by molar-refractivity contribution is 7.99. The van der Waals surface area contributed by atoms with E-state index in [1.54, 1.807) is 18.3 Å². The zero-order chi connectivity index (χ0) is 36.0. The number of benzene rings is 4. The van der Waals surface area contributed by atoms with Gasteiger partial charge in [0, 0.05) is 30.0 Å². The predicted molar refractivity (Wildman–Crippen MR) is 197 cm³/mol. The second kappa shape index (κ2) is 15.8. The van der Waals surface area contributed by atoms with Gasteiger partial charge in [-0.15, -0.1) is 11.8 Å². The summed E-state index contributed by atoms with van der Waals surface area (Å²) >= 11 is 1.35. The highest BCUT2D eigenvalue weighted by atomic mass is 32.2. The van der Waals surface area contributed by atoms with Gasteiger partial charge < -0.3 is 25.0 Å². The highest BCUT2D eigenvalue weighted by Gasteiger charge is 2.38. The lowest BCUT2D eigenvalue weighted by Crippen LogP contribution is -2.38. The number of fused-ring (bicyclic) bond motifs is 1. The van der Waals surface area contributed by atoms with Gasteiger partial charge in [0.2, 0.25) is 0 Å². The van der Waals surface area contributed by atoms with Crippen molar-refractivity contribution >= 4 is 34.7 Å². The fraction of sp³-hybridized carbons (Fsp3) is 0.195. The van der Waals surface area contributed by atoms with Crippen LogP contribution in [-0.2, 0) is 22.6 Å². The minimum absolute atomic E-state index is 0.0537. The van der Waals surface area contributed by atoms with Crippen molar-refractivity contribution in [1.29, 1.82) is 0 Å². The zero-order valence-corrected chi connectivity index (χ0v) is 29.1. The fourth-order valence-corrected chi connectivity index (χ4v) is 7.36. The van der Waals surface area contributed by atoms with Crippen LogP contribution in [0.4, 0.5) is 0 Å². The van der Waals surface area contributed by atoms with Crippen molar-refractivity contribution in [3.63, 3.8) is 0 Å². The number of aromatic carboxylic acids is 1. The molecule has 1 aliphatic heterocycles. The van der Waals surface area contributed by atoms with Crippen LogP contribution >= 0.6 is 11.8 Å². The number of amides is 1. The third kappa shape index (κ3) is 7.88. The van der Waals surface area contributed by atoms with E-state index in [1.807, 2.05) is 97.1 Å². The van der Waals surface area contributed by atoms with Gasteiger partial charge in [-0.25, -0.2) is 14.8 Å². The number of rotatable bonds is 11. The molecule has 0 saturated carbocycles. The number of hydrogen-bond acceptors (Lipinski definition) is 9. The first-order chi connectivity index (χ1) is 25.4. The van der Waals surface area contributed by atoms with Crippen LogP contribution in [0.2, 0.25) is 0 Å². The highest BCUT2D eigenvalue weighted by Crippen LogP contribution is 2.43. The summed E-state index contributed by atoms with van der Waals surface area (Å²) in [5, 5.41) is 22.7. The second-order valence-corrected chi connectivity index (χ2v) is 13.6. The average molecular weight is 713 g/mol. The van der Waals surface area contributed by atoms with Gasteiger partial charge in [-0.1, -0.05) is 79.7 Å². The molecule has 0 bridgehead atoms. The maximum absolute atomic E-state index is 12.9. The first kappa shape index (κ1) is 35.0. The quantitative estimate of drug-likeness (QED) is 0.116. The summed E-state index contributed by atoms with van der Waals surface area (Å²) in [5.41, 5.74) is 7.22. The molecule has 1 saturated heterocycles. The number of carbonyl (C=O) groups excluding carboxylic acids is 1. The van der Waals surface area contributed by atoms with Gasteiger partial charge in [-0.05, 0) is 64.2 Å². The number of aromatic nitrogens is 3. The largest absolute Gasteiger partial charge is 0.478 e. The molecule has 6 aromatic rings. The number of para-hydroxylation sites is 2. The van der Waals surface area contributed by atoms with Crippen molar-refractivity contribution in [2.75, 3.05) is 5.75 Å². The van der Waals surface area contributed by atoms with E-state index in [1.165, 1.54) is 18.0 Å². The summed E-state index contributed by atoms with van der Waals surface area (Å²) in [7, 11) is 0. The maximum atomic E-state index is 12.9. The lowest BCUT2D eigenvalue weighted by Gasteiger charge is -2.41.